The highest BCUT2D eigenvalue weighted by atomic mass is 16.5. The molecule has 1 aliphatic heterocycles. The molecular weight excluding hydrogens is 476 g/mol. The van der Waals surface area contributed by atoms with Crippen molar-refractivity contribution in [1.82, 2.24) is 18.7 Å². The molecule has 4 aromatic rings. The van der Waals surface area contributed by atoms with Gasteiger partial charge in [0.25, 0.3) is 5.56 Å². The summed E-state index contributed by atoms with van der Waals surface area (Å²) in [5, 5.41) is 11.1. The maximum atomic E-state index is 12.7. The second-order valence-electron chi connectivity index (χ2n) is 8.90. The van der Waals surface area contributed by atoms with Crippen LogP contribution in [-0.4, -0.2) is 56.3 Å². The molecule has 5 rings (SSSR count). The Morgan fingerprint density at radius 2 is 1.70 bits per heavy atom. The number of hydrogen-bond donors (Lipinski definition) is 2. The molecule has 0 saturated carbocycles. The van der Waals surface area contributed by atoms with Crippen molar-refractivity contribution in [1.29, 1.82) is 0 Å². The molecule has 0 aliphatic carbocycles. The minimum absolute atomic E-state index is 0.152. The van der Waals surface area contributed by atoms with Crippen LogP contribution in [0.3, 0.4) is 0 Å². The fourth-order valence-corrected chi connectivity index (χ4v) is 4.72. The molecular formula is C26H28N6O5. The van der Waals surface area contributed by atoms with Gasteiger partial charge in [-0.25, -0.2) is 14.2 Å². The molecule has 0 bridgehead atoms. The van der Waals surface area contributed by atoms with Crippen molar-refractivity contribution in [2.45, 2.75) is 13.3 Å². The van der Waals surface area contributed by atoms with Crippen LogP contribution in [0, 0.1) is 0 Å². The number of H-pyrrole nitrogens is 1. The number of para-hydroxylation sites is 1. The number of aromatic amines is 1. The Morgan fingerprint density at radius 1 is 1.03 bits per heavy atom. The van der Waals surface area contributed by atoms with E-state index in [4.69, 9.17) is 4.74 Å². The van der Waals surface area contributed by atoms with Crippen LogP contribution in [0.2, 0.25) is 0 Å². The zero-order chi connectivity index (χ0) is 26.3. The first-order valence-electron chi connectivity index (χ1n) is 12.0. The number of benzene rings is 2. The van der Waals surface area contributed by atoms with Gasteiger partial charge in [-0.1, -0.05) is 25.1 Å². The Kier molecular flexibility index (Phi) is 6.30. The van der Waals surface area contributed by atoms with Gasteiger partial charge in [-0.3, -0.25) is 23.9 Å². The Bertz CT molecular complexity index is 1700. The standard InChI is InChI=1S/C26H28N6O5/c1-4-16-7-5-6-8-19(16)32-24(34)17(23(33)28-25(32)35)15-27-18-13-21-22(30(3)26(36)29(21)2)14-20(18)31-9-11-37-12-10-31/h5-8,13-15,34H,4,9-12H2,1-3H3,(H,28,33,35). The third kappa shape index (κ3) is 4.16. The van der Waals surface area contributed by atoms with Crippen LogP contribution >= 0.6 is 0 Å². The van der Waals surface area contributed by atoms with Gasteiger partial charge < -0.3 is 14.7 Å². The van der Waals surface area contributed by atoms with Crippen LogP contribution in [0.15, 0.2) is 55.8 Å². The van der Waals surface area contributed by atoms with Gasteiger partial charge in [0.1, 0.15) is 5.56 Å². The lowest BCUT2D eigenvalue weighted by Gasteiger charge is -2.30. The Morgan fingerprint density at radius 3 is 2.41 bits per heavy atom. The fourth-order valence-electron chi connectivity index (χ4n) is 4.72. The summed E-state index contributed by atoms with van der Waals surface area (Å²) in [4.78, 5) is 46.9. The highest BCUT2D eigenvalue weighted by molar-refractivity contribution is 5.92. The van der Waals surface area contributed by atoms with E-state index < -0.39 is 17.1 Å². The van der Waals surface area contributed by atoms with Gasteiger partial charge in [0.15, 0.2) is 0 Å². The topological polar surface area (TPSA) is 127 Å². The molecule has 2 aromatic carbocycles. The van der Waals surface area contributed by atoms with Crippen molar-refractivity contribution in [3.05, 3.63) is 78.8 Å². The predicted octanol–water partition coefficient (Wildman–Crippen LogP) is 1.57. The summed E-state index contributed by atoms with van der Waals surface area (Å²) in [6.07, 6.45) is 1.88. The number of morpholine rings is 1. The lowest BCUT2D eigenvalue weighted by molar-refractivity contribution is 0.123. The van der Waals surface area contributed by atoms with E-state index in [2.05, 4.69) is 14.9 Å². The Labute approximate surface area is 211 Å². The second kappa shape index (κ2) is 9.58. The first kappa shape index (κ1) is 24.3. The van der Waals surface area contributed by atoms with Gasteiger partial charge in [0.2, 0.25) is 5.88 Å². The minimum atomic E-state index is -0.752. The van der Waals surface area contributed by atoms with Crippen molar-refractivity contribution < 1.29 is 9.84 Å². The molecule has 11 heteroatoms. The highest BCUT2D eigenvalue weighted by Crippen LogP contribution is 2.34. The molecule has 3 heterocycles. The van der Waals surface area contributed by atoms with E-state index in [9.17, 15) is 19.5 Å². The maximum Gasteiger partial charge on any atom is 0.335 e. The molecule has 0 amide bonds. The third-order valence-corrected chi connectivity index (χ3v) is 6.79. The number of rotatable bonds is 5. The summed E-state index contributed by atoms with van der Waals surface area (Å²) in [5.74, 6) is -0.500. The molecule has 0 radical (unpaired) electrons. The number of aromatic nitrogens is 4. The second-order valence-corrected chi connectivity index (χ2v) is 8.90. The van der Waals surface area contributed by atoms with Crippen LogP contribution in [0.5, 0.6) is 5.88 Å². The summed E-state index contributed by atoms with van der Waals surface area (Å²) in [5.41, 5.74) is 2.21. The van der Waals surface area contributed by atoms with E-state index in [1.807, 2.05) is 25.1 Å². The smallest absolute Gasteiger partial charge is 0.335 e. The zero-order valence-electron chi connectivity index (χ0n) is 20.9. The lowest BCUT2D eigenvalue weighted by atomic mass is 10.1. The average molecular weight is 505 g/mol. The normalized spacial score (nSPS) is 14.2. The van der Waals surface area contributed by atoms with Gasteiger partial charge in [-0.15, -0.1) is 0 Å². The number of nitrogens with one attached hydrogen (secondary N) is 1. The van der Waals surface area contributed by atoms with Crippen molar-refractivity contribution in [2.75, 3.05) is 31.2 Å². The van der Waals surface area contributed by atoms with E-state index in [-0.39, 0.29) is 11.3 Å². The largest absolute Gasteiger partial charge is 0.493 e. The molecule has 37 heavy (non-hydrogen) atoms. The molecule has 1 aliphatic rings. The predicted molar refractivity (Wildman–Crippen MR) is 142 cm³/mol. The molecule has 2 aromatic heterocycles. The van der Waals surface area contributed by atoms with Gasteiger partial charge in [0, 0.05) is 33.4 Å². The molecule has 0 atom stereocenters. The first-order chi connectivity index (χ1) is 17.8. The van der Waals surface area contributed by atoms with Crippen molar-refractivity contribution in [3.8, 4) is 11.6 Å². The summed E-state index contributed by atoms with van der Waals surface area (Å²) in [7, 11) is 3.40. The minimum Gasteiger partial charge on any atom is -0.493 e. The molecule has 0 unspecified atom stereocenters. The molecule has 192 valence electrons. The van der Waals surface area contributed by atoms with Crippen LogP contribution in [0.1, 0.15) is 18.1 Å². The van der Waals surface area contributed by atoms with Gasteiger partial charge in [0.05, 0.1) is 41.3 Å². The summed E-state index contributed by atoms with van der Waals surface area (Å²) in [6.45, 7) is 4.32. The Hall–Kier alpha value is -4.38. The number of fused-ring (bicyclic) bond motifs is 1. The number of hydrogen-bond acceptors (Lipinski definition) is 7. The van der Waals surface area contributed by atoms with Gasteiger partial charge in [-0.2, -0.15) is 0 Å². The SMILES string of the molecule is CCc1ccccc1-n1c(O)c(C=Nc2cc3c(cc2N2CCOCC2)n(C)c(=O)n3C)c(=O)[nH]c1=O. The first-order valence-corrected chi connectivity index (χ1v) is 12.0. The number of imidazole rings is 1. The lowest BCUT2D eigenvalue weighted by Crippen LogP contribution is -2.36. The summed E-state index contributed by atoms with van der Waals surface area (Å²) >= 11 is 0. The monoisotopic (exact) mass is 504 g/mol. The number of nitrogens with zero attached hydrogens (tertiary/aromatic N) is 5. The van der Waals surface area contributed by atoms with Crippen molar-refractivity contribution in [2.24, 2.45) is 19.1 Å². The van der Waals surface area contributed by atoms with Crippen LogP contribution in [0.25, 0.3) is 16.7 Å². The molecule has 0 spiro atoms. The Balaban J connectivity index is 1.68. The number of ether oxygens (including phenoxy) is 1. The van der Waals surface area contributed by atoms with Crippen LogP contribution in [-0.2, 0) is 25.3 Å². The highest BCUT2D eigenvalue weighted by Gasteiger charge is 2.20. The van der Waals surface area contributed by atoms with Gasteiger partial charge >= 0.3 is 11.4 Å². The van der Waals surface area contributed by atoms with Crippen LogP contribution < -0.4 is 21.8 Å². The third-order valence-electron chi connectivity index (χ3n) is 6.79. The van der Waals surface area contributed by atoms with Crippen LogP contribution in [0.4, 0.5) is 11.4 Å². The fraction of sp³-hybridized carbons (Fsp3) is 0.308. The number of aryl methyl sites for hydroxylation is 3. The summed E-state index contributed by atoms with van der Waals surface area (Å²) in [6, 6.07) is 10.8. The van der Waals surface area contributed by atoms with E-state index in [1.165, 1.54) is 10.8 Å². The maximum absolute atomic E-state index is 12.7. The molecule has 2 N–H and O–H groups in total. The zero-order valence-corrected chi connectivity index (χ0v) is 20.9. The van der Waals surface area contributed by atoms with Crippen molar-refractivity contribution in [3.63, 3.8) is 0 Å². The summed E-state index contributed by atoms with van der Waals surface area (Å²) < 4.78 is 9.67. The van der Waals surface area contributed by atoms with E-state index in [0.717, 1.165) is 21.3 Å². The number of aliphatic imine (C=N–C) groups is 1. The van der Waals surface area contributed by atoms with Gasteiger partial charge in [-0.05, 0) is 30.2 Å². The van der Waals surface area contributed by atoms with E-state index in [0.29, 0.717) is 49.6 Å². The van der Waals surface area contributed by atoms with E-state index >= 15 is 0 Å². The number of aromatic hydroxyl groups is 1. The average Bonchev–Trinajstić information content (AvgIpc) is 3.11. The molecule has 11 nitrogen and oxygen atoms in total. The molecule has 1 saturated heterocycles. The van der Waals surface area contributed by atoms with Crippen molar-refractivity contribution >= 4 is 28.6 Å². The number of anilines is 1. The quantitative estimate of drug-likeness (QED) is 0.397. The molecule has 1 fully saturated rings. The van der Waals surface area contributed by atoms with E-state index in [1.54, 1.807) is 36.9 Å².